The molecule has 1 amide bonds. The topological polar surface area (TPSA) is 34.0 Å². The number of halogens is 5. The number of nitrogens with one attached hydrogen (secondary N) is 1. The van der Waals surface area contributed by atoms with Gasteiger partial charge in [0.15, 0.2) is 0 Å². The molecule has 0 unspecified atom stereocenters. The van der Waals surface area contributed by atoms with Gasteiger partial charge >= 0.3 is 6.18 Å². The number of nitrogens with zero attached hydrogens (tertiary/aromatic N) is 1. The zero-order valence-electron chi connectivity index (χ0n) is 14.4. The van der Waals surface area contributed by atoms with Crippen molar-refractivity contribution in [2.45, 2.75) is 26.6 Å². The first-order chi connectivity index (χ1) is 12.6. The first-order valence-corrected chi connectivity index (χ1v) is 8.85. The van der Waals surface area contributed by atoms with Gasteiger partial charge in [0.1, 0.15) is 5.69 Å². The largest absolute Gasteiger partial charge is 0.417 e. The molecule has 142 valence electrons. The quantitative estimate of drug-likeness (QED) is 0.517. The summed E-state index contributed by atoms with van der Waals surface area (Å²) < 4.78 is 40.9. The number of carbonyl (C=O) groups is 1. The highest BCUT2D eigenvalue weighted by Crippen LogP contribution is 2.36. The van der Waals surface area contributed by atoms with Gasteiger partial charge in [-0.25, -0.2) is 0 Å². The van der Waals surface area contributed by atoms with Gasteiger partial charge < -0.3 is 9.88 Å². The van der Waals surface area contributed by atoms with Gasteiger partial charge in [-0.2, -0.15) is 13.2 Å². The lowest BCUT2D eigenvalue weighted by molar-refractivity contribution is -0.137. The molecule has 0 aliphatic heterocycles. The van der Waals surface area contributed by atoms with E-state index in [2.05, 4.69) is 5.32 Å². The predicted molar refractivity (Wildman–Crippen MR) is 102 cm³/mol. The van der Waals surface area contributed by atoms with Gasteiger partial charge in [0, 0.05) is 28.2 Å². The second-order valence-corrected chi connectivity index (χ2v) is 6.87. The first kappa shape index (κ1) is 19.6. The van der Waals surface area contributed by atoms with Gasteiger partial charge in [0.25, 0.3) is 5.91 Å². The molecule has 0 aliphatic carbocycles. The van der Waals surface area contributed by atoms with Crippen LogP contribution in [0.4, 0.5) is 18.9 Å². The van der Waals surface area contributed by atoms with Crippen LogP contribution in [-0.4, -0.2) is 10.5 Å². The summed E-state index contributed by atoms with van der Waals surface area (Å²) in [6.07, 6.45) is -4.61. The number of aryl methyl sites for hydroxylation is 2. The molecule has 3 nitrogen and oxygen atoms in total. The number of aromatic nitrogens is 1. The molecule has 27 heavy (non-hydrogen) atoms. The number of fused-ring (bicyclic) bond motifs is 1. The third-order valence-corrected chi connectivity index (χ3v) is 4.90. The van der Waals surface area contributed by atoms with Gasteiger partial charge in [-0.1, -0.05) is 23.2 Å². The number of rotatable bonds is 3. The fourth-order valence-electron chi connectivity index (χ4n) is 3.13. The van der Waals surface area contributed by atoms with Crippen molar-refractivity contribution < 1.29 is 18.0 Å². The van der Waals surface area contributed by atoms with E-state index in [9.17, 15) is 18.0 Å². The lowest BCUT2D eigenvalue weighted by atomic mass is 10.1. The maximum atomic E-state index is 13.0. The number of carbonyl (C=O) groups excluding carboxylic acids is 1. The van der Waals surface area contributed by atoms with Gasteiger partial charge in [-0.15, -0.1) is 0 Å². The lowest BCUT2D eigenvalue weighted by Gasteiger charge is -2.13. The average molecular weight is 415 g/mol. The first-order valence-electron chi connectivity index (χ1n) is 8.10. The Morgan fingerprint density at radius 2 is 1.85 bits per heavy atom. The molecule has 0 radical (unpaired) electrons. The normalized spacial score (nSPS) is 11.8. The third-order valence-electron chi connectivity index (χ3n) is 4.34. The van der Waals surface area contributed by atoms with Gasteiger partial charge in [0.2, 0.25) is 0 Å². The smallest absolute Gasteiger partial charge is 0.337 e. The Labute approximate surface area is 163 Å². The van der Waals surface area contributed by atoms with Crippen molar-refractivity contribution in [1.29, 1.82) is 0 Å². The van der Waals surface area contributed by atoms with E-state index in [0.29, 0.717) is 22.8 Å². The highest BCUT2D eigenvalue weighted by atomic mass is 35.5. The Bertz CT molecular complexity index is 1040. The van der Waals surface area contributed by atoms with Crippen LogP contribution in [0.2, 0.25) is 10.0 Å². The van der Waals surface area contributed by atoms with E-state index >= 15 is 0 Å². The van der Waals surface area contributed by atoms with Crippen molar-refractivity contribution in [3.8, 4) is 0 Å². The summed E-state index contributed by atoms with van der Waals surface area (Å²) in [4.78, 5) is 12.8. The SMILES string of the molecule is CCn1c(C(=O)Nc2ccc(Cl)c(C(F)(F)F)c2)c(C)c2cc(Cl)ccc21. The van der Waals surface area contributed by atoms with Crippen LogP contribution < -0.4 is 5.32 Å². The lowest BCUT2D eigenvalue weighted by Crippen LogP contribution is -2.18. The van der Waals surface area contributed by atoms with Crippen molar-refractivity contribution in [2.24, 2.45) is 0 Å². The van der Waals surface area contributed by atoms with Crippen LogP contribution in [0.3, 0.4) is 0 Å². The Morgan fingerprint density at radius 1 is 1.15 bits per heavy atom. The van der Waals surface area contributed by atoms with E-state index in [-0.39, 0.29) is 5.69 Å². The number of hydrogen-bond acceptors (Lipinski definition) is 1. The molecule has 1 heterocycles. The summed E-state index contributed by atoms with van der Waals surface area (Å²) in [6, 6.07) is 8.58. The summed E-state index contributed by atoms with van der Waals surface area (Å²) in [6.45, 7) is 4.18. The minimum Gasteiger partial charge on any atom is -0.337 e. The number of benzene rings is 2. The number of amides is 1. The van der Waals surface area contributed by atoms with E-state index in [4.69, 9.17) is 23.2 Å². The van der Waals surface area contributed by atoms with Crippen molar-refractivity contribution in [3.63, 3.8) is 0 Å². The third kappa shape index (κ3) is 3.64. The van der Waals surface area contributed by atoms with Crippen LogP contribution in [0.15, 0.2) is 36.4 Å². The monoisotopic (exact) mass is 414 g/mol. The van der Waals surface area contributed by atoms with E-state index in [1.54, 1.807) is 23.6 Å². The van der Waals surface area contributed by atoms with Crippen LogP contribution >= 0.6 is 23.2 Å². The van der Waals surface area contributed by atoms with E-state index in [0.717, 1.165) is 23.0 Å². The molecule has 0 bridgehead atoms. The summed E-state index contributed by atoms with van der Waals surface area (Å²) in [5, 5.41) is 3.48. The molecule has 0 saturated heterocycles. The molecule has 0 spiro atoms. The maximum absolute atomic E-state index is 13.0. The van der Waals surface area contributed by atoms with E-state index < -0.39 is 22.7 Å². The molecule has 2 aromatic carbocycles. The van der Waals surface area contributed by atoms with Crippen LogP contribution in [-0.2, 0) is 12.7 Å². The minimum atomic E-state index is -4.61. The van der Waals surface area contributed by atoms with Crippen LogP contribution in [0.25, 0.3) is 10.9 Å². The van der Waals surface area contributed by atoms with E-state index in [1.807, 2.05) is 13.0 Å². The molecule has 1 aromatic heterocycles. The molecule has 8 heteroatoms. The maximum Gasteiger partial charge on any atom is 0.417 e. The summed E-state index contributed by atoms with van der Waals surface area (Å²) in [5.41, 5.74) is 0.926. The number of alkyl halides is 3. The summed E-state index contributed by atoms with van der Waals surface area (Å²) >= 11 is 11.7. The standard InChI is InChI=1S/C19H15Cl2F3N2O/c1-3-26-16-7-4-11(20)8-13(16)10(2)17(26)18(27)25-12-5-6-15(21)14(9-12)19(22,23)24/h4-9H,3H2,1-2H3,(H,25,27). The molecule has 0 fully saturated rings. The molecule has 3 aromatic rings. The highest BCUT2D eigenvalue weighted by molar-refractivity contribution is 6.32. The minimum absolute atomic E-state index is 0.0158. The van der Waals surface area contributed by atoms with Crippen LogP contribution in [0.5, 0.6) is 0 Å². The van der Waals surface area contributed by atoms with Gasteiger partial charge in [0.05, 0.1) is 10.6 Å². The van der Waals surface area contributed by atoms with Gasteiger partial charge in [-0.05, 0) is 55.8 Å². The van der Waals surface area contributed by atoms with Crippen molar-refractivity contribution in [1.82, 2.24) is 4.57 Å². The Kier molecular flexibility index (Phi) is 5.14. The van der Waals surface area contributed by atoms with Crippen molar-refractivity contribution >= 4 is 45.7 Å². The molecule has 0 atom stereocenters. The van der Waals surface area contributed by atoms with Crippen LogP contribution in [0.1, 0.15) is 28.5 Å². The Balaban J connectivity index is 2.04. The zero-order valence-corrected chi connectivity index (χ0v) is 15.9. The molecular formula is C19H15Cl2F3N2O. The Morgan fingerprint density at radius 3 is 2.48 bits per heavy atom. The molecular weight excluding hydrogens is 400 g/mol. The molecule has 3 rings (SSSR count). The summed E-state index contributed by atoms with van der Waals surface area (Å²) in [7, 11) is 0. The molecule has 0 aliphatic rings. The Hall–Kier alpha value is -2.18. The fraction of sp³-hybridized carbons (Fsp3) is 0.211. The fourth-order valence-corrected chi connectivity index (χ4v) is 3.52. The predicted octanol–water partition coefficient (Wildman–Crippen LogP) is 6.55. The van der Waals surface area contributed by atoms with Crippen LogP contribution in [0, 0.1) is 6.92 Å². The number of anilines is 1. The second-order valence-electron chi connectivity index (χ2n) is 6.03. The van der Waals surface area contributed by atoms with Crippen molar-refractivity contribution in [2.75, 3.05) is 5.32 Å². The summed E-state index contributed by atoms with van der Waals surface area (Å²) in [5.74, 6) is -0.503. The van der Waals surface area contributed by atoms with Gasteiger partial charge in [-0.3, -0.25) is 4.79 Å². The second kappa shape index (κ2) is 7.09. The van der Waals surface area contributed by atoms with Crippen molar-refractivity contribution in [3.05, 3.63) is 63.3 Å². The molecule has 0 saturated carbocycles. The average Bonchev–Trinajstić information content (AvgIpc) is 2.87. The molecule has 1 N–H and O–H groups in total. The zero-order chi connectivity index (χ0) is 19.9. The van der Waals surface area contributed by atoms with E-state index in [1.165, 1.54) is 6.07 Å². The highest BCUT2D eigenvalue weighted by Gasteiger charge is 2.33. The number of hydrogen-bond donors (Lipinski definition) is 1.